The first-order chi connectivity index (χ1) is 7.40. The third-order valence-corrected chi connectivity index (χ3v) is 4.11. The van der Waals surface area contributed by atoms with E-state index in [-0.39, 0.29) is 11.8 Å². The van der Waals surface area contributed by atoms with E-state index < -0.39 is 4.75 Å². The number of amidine groups is 1. The van der Waals surface area contributed by atoms with Crippen LogP contribution in [0.4, 0.5) is 5.13 Å². The Labute approximate surface area is 102 Å². The van der Waals surface area contributed by atoms with Gasteiger partial charge in [0.25, 0.3) is 0 Å². The molecule has 0 saturated carbocycles. The van der Waals surface area contributed by atoms with Gasteiger partial charge in [-0.05, 0) is 13.2 Å². The highest BCUT2D eigenvalue weighted by atomic mass is 32.2. The van der Waals surface area contributed by atoms with E-state index >= 15 is 0 Å². The Balaban J connectivity index is 3.10. The van der Waals surface area contributed by atoms with E-state index in [4.69, 9.17) is 22.6 Å². The Kier molecular flexibility index (Phi) is 3.76. The summed E-state index contributed by atoms with van der Waals surface area (Å²) in [6.45, 7) is 1.84. The first-order valence-corrected chi connectivity index (χ1v) is 6.46. The molecule has 0 amide bonds. The van der Waals surface area contributed by atoms with Gasteiger partial charge < -0.3 is 17.2 Å². The first kappa shape index (κ1) is 12.8. The maximum Gasteiger partial charge on any atom is 0.212 e. The van der Waals surface area contributed by atoms with Crippen LogP contribution < -0.4 is 17.2 Å². The molecule has 0 aromatic carbocycles. The van der Waals surface area contributed by atoms with Gasteiger partial charge in [0.2, 0.25) is 5.13 Å². The van der Waals surface area contributed by atoms with Crippen LogP contribution in [0.3, 0.4) is 0 Å². The predicted molar refractivity (Wildman–Crippen MR) is 70.4 cm³/mol. The molecule has 0 spiro atoms. The van der Waals surface area contributed by atoms with Crippen molar-refractivity contribution in [2.75, 3.05) is 6.26 Å². The molecule has 0 saturated heterocycles. The molecule has 0 fully saturated rings. The number of guanidine groups is 1. The number of rotatable bonds is 4. The van der Waals surface area contributed by atoms with Crippen molar-refractivity contribution < 1.29 is 0 Å². The fourth-order valence-corrected chi connectivity index (χ4v) is 2.42. The number of nitrogens with zero attached hydrogens (tertiary/aromatic N) is 2. The van der Waals surface area contributed by atoms with Gasteiger partial charge in [-0.1, -0.05) is 0 Å². The van der Waals surface area contributed by atoms with E-state index in [0.29, 0.717) is 10.8 Å². The Bertz CT molecular complexity index is 422. The summed E-state index contributed by atoms with van der Waals surface area (Å²) in [5.74, 6) is 0.0242. The second kappa shape index (κ2) is 4.71. The number of hydrogen-bond acceptors (Lipinski definition) is 5. The molecule has 1 atom stereocenters. The van der Waals surface area contributed by atoms with Gasteiger partial charge in [-0.15, -0.1) is 23.1 Å². The molecule has 16 heavy (non-hydrogen) atoms. The molecule has 1 aromatic heterocycles. The smallest absolute Gasteiger partial charge is 0.212 e. The number of nitrogens with one attached hydrogen (secondary N) is 1. The highest BCUT2D eigenvalue weighted by molar-refractivity contribution is 8.00. The molecule has 0 aliphatic rings. The van der Waals surface area contributed by atoms with Crippen molar-refractivity contribution in [2.45, 2.75) is 11.7 Å². The summed E-state index contributed by atoms with van der Waals surface area (Å²) in [7, 11) is 0. The topological polar surface area (TPSA) is 127 Å². The monoisotopic (exact) mass is 258 g/mol. The van der Waals surface area contributed by atoms with Crippen LogP contribution in [-0.2, 0) is 4.75 Å². The van der Waals surface area contributed by atoms with Gasteiger partial charge in [0, 0.05) is 5.38 Å². The molecular weight excluding hydrogens is 244 g/mol. The summed E-state index contributed by atoms with van der Waals surface area (Å²) < 4.78 is -0.631. The number of aliphatic imine (C=N–C) groups is 1. The molecular formula is C8H14N6S2. The molecule has 1 rings (SSSR count). The fraction of sp³-hybridized carbons (Fsp3) is 0.375. The molecule has 0 aliphatic heterocycles. The Morgan fingerprint density at radius 1 is 1.56 bits per heavy atom. The van der Waals surface area contributed by atoms with Crippen LogP contribution in [0.5, 0.6) is 0 Å². The highest BCUT2D eigenvalue weighted by Crippen LogP contribution is 2.36. The van der Waals surface area contributed by atoms with Crippen LogP contribution in [0.2, 0.25) is 0 Å². The maximum atomic E-state index is 7.57. The number of aromatic nitrogens is 1. The third-order valence-electron chi connectivity index (χ3n) is 2.13. The average Bonchev–Trinajstić information content (AvgIpc) is 2.64. The zero-order valence-electron chi connectivity index (χ0n) is 9.02. The Morgan fingerprint density at radius 3 is 2.62 bits per heavy atom. The molecule has 1 aromatic rings. The normalized spacial score (nSPS) is 14.1. The summed E-state index contributed by atoms with van der Waals surface area (Å²) in [6, 6.07) is 0. The first-order valence-electron chi connectivity index (χ1n) is 4.35. The molecule has 0 bridgehead atoms. The molecule has 7 N–H and O–H groups in total. The standard InChI is InChI=1S/C8H14N6S2/c1-8(15-2,5(9)10)4-3-16-7(13-4)14-6(11)12/h3H,1-2H3,(H3,9,10)(H4,11,12,13,14). The van der Waals surface area contributed by atoms with Crippen molar-refractivity contribution in [2.24, 2.45) is 22.2 Å². The predicted octanol–water partition coefficient (Wildman–Crippen LogP) is 0.562. The SMILES string of the molecule is CSC(C)(C(=N)N)c1csc(N=C(N)N)n1. The number of nitrogens with two attached hydrogens (primary N) is 3. The van der Waals surface area contributed by atoms with Crippen LogP contribution in [0.25, 0.3) is 0 Å². The Hall–Kier alpha value is -1.28. The molecule has 8 heteroatoms. The summed E-state index contributed by atoms with van der Waals surface area (Å²) >= 11 is 2.76. The second-order valence-corrected chi connectivity index (χ2v) is 5.26. The van der Waals surface area contributed by atoms with Crippen LogP contribution in [0.15, 0.2) is 10.4 Å². The minimum absolute atomic E-state index is 0.0328. The van der Waals surface area contributed by atoms with E-state index in [0.717, 1.165) is 0 Å². The van der Waals surface area contributed by atoms with Crippen LogP contribution in [-0.4, -0.2) is 23.0 Å². The lowest BCUT2D eigenvalue weighted by Crippen LogP contribution is -2.34. The van der Waals surface area contributed by atoms with Gasteiger partial charge in [0.15, 0.2) is 5.96 Å². The van der Waals surface area contributed by atoms with Gasteiger partial charge in [-0.2, -0.15) is 4.99 Å². The van der Waals surface area contributed by atoms with Gasteiger partial charge in [-0.3, -0.25) is 5.41 Å². The van der Waals surface area contributed by atoms with Crippen LogP contribution >= 0.6 is 23.1 Å². The largest absolute Gasteiger partial charge is 0.386 e. The molecule has 1 unspecified atom stereocenters. The summed E-state index contributed by atoms with van der Waals surface area (Å²) in [5, 5.41) is 9.85. The van der Waals surface area contributed by atoms with E-state index in [1.807, 2.05) is 13.2 Å². The van der Waals surface area contributed by atoms with Gasteiger partial charge in [-0.25, -0.2) is 4.98 Å². The van der Waals surface area contributed by atoms with Crippen molar-refractivity contribution in [1.82, 2.24) is 4.98 Å². The minimum Gasteiger partial charge on any atom is -0.386 e. The summed E-state index contributed by atoms with van der Waals surface area (Å²) in [6.07, 6.45) is 1.88. The Morgan fingerprint density at radius 2 is 2.19 bits per heavy atom. The van der Waals surface area contributed by atoms with Gasteiger partial charge in [0.05, 0.1) is 5.69 Å². The molecule has 6 nitrogen and oxygen atoms in total. The zero-order chi connectivity index (χ0) is 12.3. The second-order valence-electron chi connectivity index (χ2n) is 3.20. The number of thiazole rings is 1. The summed E-state index contributed by atoms with van der Waals surface area (Å²) in [5.41, 5.74) is 16.8. The molecule has 0 aliphatic carbocycles. The fourth-order valence-electron chi connectivity index (χ4n) is 0.998. The van der Waals surface area contributed by atoms with Crippen LogP contribution in [0.1, 0.15) is 12.6 Å². The van der Waals surface area contributed by atoms with E-state index in [9.17, 15) is 0 Å². The van der Waals surface area contributed by atoms with E-state index in [1.54, 1.807) is 5.38 Å². The summed E-state index contributed by atoms with van der Waals surface area (Å²) in [4.78, 5) is 8.09. The maximum absolute atomic E-state index is 7.57. The van der Waals surface area contributed by atoms with Crippen molar-refractivity contribution in [3.05, 3.63) is 11.1 Å². The van der Waals surface area contributed by atoms with Crippen molar-refractivity contribution >= 4 is 40.0 Å². The zero-order valence-corrected chi connectivity index (χ0v) is 10.7. The van der Waals surface area contributed by atoms with Crippen LogP contribution in [0, 0.1) is 5.41 Å². The molecule has 1 heterocycles. The van der Waals surface area contributed by atoms with Gasteiger partial charge in [0.1, 0.15) is 10.6 Å². The highest BCUT2D eigenvalue weighted by Gasteiger charge is 2.32. The quantitative estimate of drug-likeness (QED) is 0.463. The van der Waals surface area contributed by atoms with E-state index in [2.05, 4.69) is 9.98 Å². The van der Waals surface area contributed by atoms with Crippen molar-refractivity contribution in [1.29, 1.82) is 5.41 Å². The van der Waals surface area contributed by atoms with Crippen molar-refractivity contribution in [3.8, 4) is 0 Å². The number of thioether (sulfide) groups is 1. The van der Waals surface area contributed by atoms with Crippen molar-refractivity contribution in [3.63, 3.8) is 0 Å². The van der Waals surface area contributed by atoms with Gasteiger partial charge >= 0.3 is 0 Å². The third kappa shape index (κ3) is 2.45. The lowest BCUT2D eigenvalue weighted by molar-refractivity contribution is 0.875. The lowest BCUT2D eigenvalue weighted by atomic mass is 10.1. The van der Waals surface area contributed by atoms with E-state index in [1.165, 1.54) is 23.1 Å². The average molecular weight is 258 g/mol. The molecule has 88 valence electrons. The lowest BCUT2D eigenvalue weighted by Gasteiger charge is -2.23. The molecule has 0 radical (unpaired) electrons. The minimum atomic E-state index is -0.631. The number of hydrogen-bond donors (Lipinski definition) is 4.